The number of rotatable bonds is 40. The Morgan fingerprint density at radius 2 is 0.736 bits per heavy atom. The fourth-order valence-electron chi connectivity index (χ4n) is 6.79. The molecule has 0 aliphatic carbocycles. The molecule has 0 radical (unpaired) electrons. The lowest BCUT2D eigenvalue weighted by molar-refractivity contribution is -0.137. The molecular formula is C48H86O5. The van der Waals surface area contributed by atoms with Crippen LogP contribution in [0.25, 0.3) is 6.08 Å². The van der Waals surface area contributed by atoms with Gasteiger partial charge in [0, 0.05) is 18.2 Å². The summed E-state index contributed by atoms with van der Waals surface area (Å²) in [6, 6.07) is 3.99. The fraction of sp³-hybridized carbons (Fsp3) is 0.812. The molecule has 1 aromatic carbocycles. The van der Waals surface area contributed by atoms with E-state index in [2.05, 4.69) is 20.8 Å². The summed E-state index contributed by atoms with van der Waals surface area (Å²) in [6.07, 6.45) is 42.9. The van der Waals surface area contributed by atoms with E-state index >= 15 is 0 Å². The minimum absolute atomic E-state index is 0.338. The number of hydrogen-bond acceptors (Lipinski definition) is 5. The standard InChI is InChI=1S/C48H86O5/c1-5-9-12-15-18-21-24-27-30-33-39-50-44-42-46(51-40-34-31-28-25-22-19-16-13-10-6-2)45(36-37-48(49)53-38-8-4)47(43-44)52-41-35-32-29-26-23-20-17-14-11-7-3/h36-37,42-43H,5-35,38-41H2,1-4H3. The van der Waals surface area contributed by atoms with E-state index in [0.29, 0.717) is 26.4 Å². The van der Waals surface area contributed by atoms with Gasteiger partial charge >= 0.3 is 5.97 Å². The van der Waals surface area contributed by atoms with E-state index in [0.717, 1.165) is 48.5 Å². The lowest BCUT2D eigenvalue weighted by atomic mass is 10.1. The van der Waals surface area contributed by atoms with Gasteiger partial charge in [-0.2, -0.15) is 0 Å². The van der Waals surface area contributed by atoms with Gasteiger partial charge in [-0.1, -0.05) is 201 Å². The largest absolute Gasteiger partial charge is 0.493 e. The van der Waals surface area contributed by atoms with Crippen LogP contribution in [0.2, 0.25) is 0 Å². The molecule has 0 saturated heterocycles. The predicted molar refractivity (Wildman–Crippen MR) is 229 cm³/mol. The summed E-state index contributed by atoms with van der Waals surface area (Å²) in [5, 5.41) is 0. The highest BCUT2D eigenvalue weighted by molar-refractivity contribution is 5.88. The van der Waals surface area contributed by atoms with Gasteiger partial charge in [0.15, 0.2) is 0 Å². The molecule has 1 rings (SSSR count). The number of hydrogen-bond donors (Lipinski definition) is 0. The smallest absolute Gasteiger partial charge is 0.330 e. The molecule has 5 nitrogen and oxygen atoms in total. The van der Waals surface area contributed by atoms with Crippen LogP contribution in [-0.4, -0.2) is 32.4 Å². The average molecular weight is 743 g/mol. The maximum Gasteiger partial charge on any atom is 0.330 e. The zero-order chi connectivity index (χ0) is 38.3. The van der Waals surface area contributed by atoms with Gasteiger partial charge in [0.05, 0.1) is 32.0 Å². The molecule has 0 heterocycles. The van der Waals surface area contributed by atoms with Gasteiger partial charge in [0.2, 0.25) is 0 Å². The Hall–Kier alpha value is -2.17. The maximum atomic E-state index is 12.5. The quantitative estimate of drug-likeness (QED) is 0.0381. The van der Waals surface area contributed by atoms with Gasteiger partial charge < -0.3 is 18.9 Å². The van der Waals surface area contributed by atoms with Crippen molar-refractivity contribution in [3.8, 4) is 17.2 Å². The molecule has 0 fully saturated rings. The average Bonchev–Trinajstić information content (AvgIpc) is 3.16. The minimum atomic E-state index is -0.338. The molecule has 0 spiro atoms. The topological polar surface area (TPSA) is 54.0 Å². The second-order valence-corrected chi connectivity index (χ2v) is 15.4. The number of carbonyl (C=O) groups is 1. The Bertz CT molecular complexity index is 926. The van der Waals surface area contributed by atoms with Crippen molar-refractivity contribution in [1.29, 1.82) is 0 Å². The van der Waals surface area contributed by atoms with E-state index < -0.39 is 0 Å². The summed E-state index contributed by atoms with van der Waals surface area (Å²) >= 11 is 0. The maximum absolute atomic E-state index is 12.5. The summed E-state index contributed by atoms with van der Waals surface area (Å²) in [7, 11) is 0. The van der Waals surface area contributed by atoms with Crippen LogP contribution in [0.4, 0.5) is 0 Å². The van der Waals surface area contributed by atoms with Gasteiger partial charge in [0.1, 0.15) is 17.2 Å². The monoisotopic (exact) mass is 743 g/mol. The molecule has 0 aliphatic heterocycles. The second-order valence-electron chi connectivity index (χ2n) is 15.4. The van der Waals surface area contributed by atoms with E-state index in [1.807, 2.05) is 25.1 Å². The van der Waals surface area contributed by atoms with Crippen LogP contribution in [0.15, 0.2) is 18.2 Å². The first-order valence-electron chi connectivity index (χ1n) is 23.1. The Balaban J connectivity index is 2.82. The van der Waals surface area contributed by atoms with Gasteiger partial charge in [-0.25, -0.2) is 4.79 Å². The van der Waals surface area contributed by atoms with Crippen molar-refractivity contribution in [3.63, 3.8) is 0 Å². The number of unbranched alkanes of at least 4 members (excludes halogenated alkanes) is 27. The lowest BCUT2D eigenvalue weighted by Crippen LogP contribution is -2.06. The Morgan fingerprint density at radius 3 is 1.08 bits per heavy atom. The van der Waals surface area contributed by atoms with Crippen molar-refractivity contribution in [1.82, 2.24) is 0 Å². The highest BCUT2D eigenvalue weighted by atomic mass is 16.5. The summed E-state index contributed by atoms with van der Waals surface area (Å²) in [6.45, 7) is 11.2. The Labute approximate surface area is 329 Å². The SMILES string of the molecule is CCCCCCCCCCCCOc1cc(OCCCCCCCCCCCC)c(C=CC(=O)OCCC)c(OCCCCCCCCCCCC)c1. The van der Waals surface area contributed by atoms with Crippen LogP contribution in [0.5, 0.6) is 17.2 Å². The van der Waals surface area contributed by atoms with Crippen molar-refractivity contribution >= 4 is 12.0 Å². The summed E-state index contributed by atoms with van der Waals surface area (Å²) in [5.74, 6) is 1.88. The van der Waals surface area contributed by atoms with Gasteiger partial charge in [0.25, 0.3) is 0 Å². The van der Waals surface area contributed by atoms with E-state index in [1.54, 1.807) is 0 Å². The van der Waals surface area contributed by atoms with E-state index in [1.165, 1.54) is 179 Å². The molecular weight excluding hydrogens is 657 g/mol. The van der Waals surface area contributed by atoms with E-state index in [-0.39, 0.29) is 5.97 Å². The van der Waals surface area contributed by atoms with E-state index in [4.69, 9.17) is 18.9 Å². The molecule has 0 amide bonds. The molecule has 0 unspecified atom stereocenters. The van der Waals surface area contributed by atoms with Crippen LogP contribution in [0, 0.1) is 0 Å². The van der Waals surface area contributed by atoms with Gasteiger partial charge in [-0.15, -0.1) is 0 Å². The van der Waals surface area contributed by atoms with Crippen molar-refractivity contribution < 1.29 is 23.7 Å². The summed E-state index contributed by atoms with van der Waals surface area (Å²) in [5.41, 5.74) is 0.795. The summed E-state index contributed by atoms with van der Waals surface area (Å²) in [4.78, 5) is 12.5. The van der Waals surface area contributed by atoms with Gasteiger partial charge in [-0.3, -0.25) is 0 Å². The van der Waals surface area contributed by atoms with Crippen LogP contribution < -0.4 is 14.2 Å². The third-order valence-electron chi connectivity index (χ3n) is 10.2. The molecule has 0 saturated carbocycles. The third kappa shape index (κ3) is 29.8. The zero-order valence-electron chi connectivity index (χ0n) is 35.6. The zero-order valence-corrected chi connectivity index (χ0v) is 35.6. The first-order valence-corrected chi connectivity index (χ1v) is 23.1. The van der Waals surface area contributed by atoms with Crippen LogP contribution >= 0.6 is 0 Å². The van der Waals surface area contributed by atoms with Crippen LogP contribution in [0.3, 0.4) is 0 Å². The summed E-state index contributed by atoms with van der Waals surface area (Å²) < 4.78 is 24.6. The minimum Gasteiger partial charge on any atom is -0.493 e. The molecule has 1 aromatic rings. The predicted octanol–water partition coefficient (Wildman–Crippen LogP) is 15.6. The number of carbonyl (C=O) groups excluding carboxylic acids is 1. The van der Waals surface area contributed by atoms with Gasteiger partial charge in [-0.05, 0) is 31.8 Å². The highest BCUT2D eigenvalue weighted by Gasteiger charge is 2.14. The molecule has 0 bridgehead atoms. The first kappa shape index (κ1) is 48.8. The number of esters is 1. The molecule has 0 N–H and O–H groups in total. The van der Waals surface area contributed by atoms with Crippen molar-refractivity contribution in [2.45, 2.75) is 227 Å². The van der Waals surface area contributed by atoms with Crippen LogP contribution in [-0.2, 0) is 9.53 Å². The van der Waals surface area contributed by atoms with Crippen LogP contribution in [0.1, 0.15) is 232 Å². The number of benzene rings is 1. The Morgan fingerprint density at radius 1 is 0.415 bits per heavy atom. The highest BCUT2D eigenvalue weighted by Crippen LogP contribution is 2.36. The van der Waals surface area contributed by atoms with Crippen molar-refractivity contribution in [2.24, 2.45) is 0 Å². The van der Waals surface area contributed by atoms with Crippen molar-refractivity contribution in [3.05, 3.63) is 23.8 Å². The Kier molecular flexibility index (Phi) is 35.1. The molecule has 5 heteroatoms. The molecule has 0 aliphatic rings. The van der Waals surface area contributed by atoms with E-state index in [9.17, 15) is 4.79 Å². The fourth-order valence-corrected chi connectivity index (χ4v) is 6.79. The molecule has 0 aromatic heterocycles. The normalized spacial score (nSPS) is 11.4. The number of ether oxygens (including phenoxy) is 4. The van der Waals surface area contributed by atoms with Crippen molar-refractivity contribution in [2.75, 3.05) is 26.4 Å². The molecule has 53 heavy (non-hydrogen) atoms. The first-order chi connectivity index (χ1) is 26.2. The lowest BCUT2D eigenvalue weighted by Gasteiger charge is -2.17. The molecule has 0 atom stereocenters. The second kappa shape index (κ2) is 38.1. The third-order valence-corrected chi connectivity index (χ3v) is 10.2. The molecule has 308 valence electrons.